The highest BCUT2D eigenvalue weighted by Gasteiger charge is 2.17. The van der Waals surface area contributed by atoms with Gasteiger partial charge in [-0.3, -0.25) is 4.79 Å². The van der Waals surface area contributed by atoms with Crippen LogP contribution in [0.5, 0.6) is 17.4 Å². The molecule has 1 N–H and O–H groups in total. The Morgan fingerprint density at radius 2 is 1.95 bits per heavy atom. The lowest BCUT2D eigenvalue weighted by Gasteiger charge is -2.15. The minimum absolute atomic E-state index is 0.0412. The van der Waals surface area contributed by atoms with Gasteiger partial charge in [-0.25, -0.2) is 4.57 Å². The highest BCUT2D eigenvalue weighted by Crippen LogP contribution is 2.30. The van der Waals surface area contributed by atoms with E-state index >= 15 is 0 Å². The van der Waals surface area contributed by atoms with Crippen molar-refractivity contribution in [3.05, 3.63) is 45.7 Å². The summed E-state index contributed by atoms with van der Waals surface area (Å²) in [7, 11) is 2.94. The molecule has 0 atom stereocenters. The molecule has 0 radical (unpaired) electrons. The number of aryl methyl sites for hydroxylation is 1. The van der Waals surface area contributed by atoms with Crippen LogP contribution in [0.1, 0.15) is 11.1 Å². The van der Waals surface area contributed by atoms with Crippen molar-refractivity contribution in [1.29, 1.82) is 5.26 Å². The zero-order valence-corrected chi connectivity index (χ0v) is 11.9. The van der Waals surface area contributed by atoms with Crippen LogP contribution in [0, 0.1) is 18.3 Å². The van der Waals surface area contributed by atoms with Crippen LogP contribution in [-0.2, 0) is 0 Å². The van der Waals surface area contributed by atoms with Crippen LogP contribution in [0.4, 0.5) is 0 Å². The zero-order chi connectivity index (χ0) is 15.6. The topological polar surface area (TPSA) is 84.5 Å². The van der Waals surface area contributed by atoms with Crippen LogP contribution in [0.15, 0.2) is 29.1 Å². The van der Waals surface area contributed by atoms with Gasteiger partial charge in [0.25, 0.3) is 5.56 Å². The maximum absolute atomic E-state index is 12.2. The van der Waals surface area contributed by atoms with Crippen LogP contribution in [0.3, 0.4) is 0 Å². The fraction of sp³-hybridized carbons (Fsp3) is 0.200. The summed E-state index contributed by atoms with van der Waals surface area (Å²) in [6.45, 7) is 1.59. The molecule has 6 nitrogen and oxygen atoms in total. The van der Waals surface area contributed by atoms with Crippen LogP contribution in [-0.4, -0.2) is 23.9 Å². The van der Waals surface area contributed by atoms with E-state index in [1.807, 2.05) is 6.07 Å². The summed E-state index contributed by atoms with van der Waals surface area (Å²) in [5.74, 6) is 0.450. The number of hydrogen-bond donors (Lipinski definition) is 1. The Kier molecular flexibility index (Phi) is 3.85. The molecule has 1 aromatic carbocycles. The summed E-state index contributed by atoms with van der Waals surface area (Å²) < 4.78 is 11.3. The van der Waals surface area contributed by atoms with Gasteiger partial charge in [0.15, 0.2) is 0 Å². The van der Waals surface area contributed by atoms with Crippen LogP contribution in [0.25, 0.3) is 5.69 Å². The van der Waals surface area contributed by atoms with Gasteiger partial charge in [0.2, 0.25) is 5.88 Å². The number of pyridine rings is 1. The van der Waals surface area contributed by atoms with E-state index in [1.165, 1.54) is 20.3 Å². The van der Waals surface area contributed by atoms with E-state index in [-0.39, 0.29) is 5.56 Å². The first-order chi connectivity index (χ1) is 10.0. The number of methoxy groups -OCH3 is 2. The molecule has 1 aromatic heterocycles. The molecule has 2 aromatic rings. The maximum atomic E-state index is 12.2. The summed E-state index contributed by atoms with van der Waals surface area (Å²) in [6.07, 6.45) is 0. The lowest BCUT2D eigenvalue weighted by Crippen LogP contribution is -2.19. The normalized spacial score (nSPS) is 10.0. The first kappa shape index (κ1) is 14.5. The van der Waals surface area contributed by atoms with Gasteiger partial charge in [-0.15, -0.1) is 0 Å². The average Bonchev–Trinajstić information content (AvgIpc) is 2.47. The molecule has 0 spiro atoms. The molecular weight excluding hydrogens is 272 g/mol. The van der Waals surface area contributed by atoms with Gasteiger partial charge in [0.1, 0.15) is 23.1 Å². The SMILES string of the molecule is COc1ccc(OC)c(-n2c(O)c(C#N)c(C)cc2=O)c1. The zero-order valence-electron chi connectivity index (χ0n) is 11.9. The second-order valence-electron chi connectivity index (χ2n) is 4.35. The number of ether oxygens (including phenoxy) is 2. The minimum Gasteiger partial charge on any atom is -0.497 e. The van der Waals surface area contributed by atoms with Crippen molar-refractivity contribution in [3.63, 3.8) is 0 Å². The highest BCUT2D eigenvalue weighted by molar-refractivity contribution is 5.56. The summed E-state index contributed by atoms with van der Waals surface area (Å²) in [6, 6.07) is 8.01. The second kappa shape index (κ2) is 5.59. The van der Waals surface area contributed by atoms with Gasteiger partial charge in [-0.1, -0.05) is 0 Å². The molecule has 0 saturated heterocycles. The molecule has 0 fully saturated rings. The molecule has 6 heteroatoms. The van der Waals surface area contributed by atoms with E-state index in [9.17, 15) is 9.90 Å². The quantitative estimate of drug-likeness (QED) is 0.929. The maximum Gasteiger partial charge on any atom is 0.258 e. The Balaban J connectivity index is 2.85. The van der Waals surface area contributed by atoms with Crippen molar-refractivity contribution in [2.75, 3.05) is 14.2 Å². The van der Waals surface area contributed by atoms with Gasteiger partial charge in [0, 0.05) is 12.1 Å². The Morgan fingerprint density at radius 3 is 2.52 bits per heavy atom. The largest absolute Gasteiger partial charge is 0.497 e. The molecule has 0 bridgehead atoms. The lowest BCUT2D eigenvalue weighted by atomic mass is 10.1. The molecule has 1 heterocycles. The summed E-state index contributed by atoms with van der Waals surface area (Å²) in [4.78, 5) is 12.2. The first-order valence-electron chi connectivity index (χ1n) is 6.11. The number of benzene rings is 1. The fourth-order valence-corrected chi connectivity index (χ4v) is 2.06. The molecule has 21 heavy (non-hydrogen) atoms. The number of rotatable bonds is 3. The van der Waals surface area contributed by atoms with Crippen molar-refractivity contribution in [3.8, 4) is 29.1 Å². The molecule has 2 rings (SSSR count). The Labute approximate surface area is 121 Å². The van der Waals surface area contributed by atoms with Gasteiger partial charge >= 0.3 is 0 Å². The number of hydrogen-bond acceptors (Lipinski definition) is 5. The van der Waals surface area contributed by atoms with Crippen molar-refractivity contribution < 1.29 is 14.6 Å². The lowest BCUT2D eigenvalue weighted by molar-refractivity contribution is 0.394. The van der Waals surface area contributed by atoms with Crippen LogP contribution in [0.2, 0.25) is 0 Å². The molecule has 0 aliphatic carbocycles. The third kappa shape index (κ3) is 2.41. The van der Waals surface area contributed by atoms with Gasteiger partial charge < -0.3 is 14.6 Å². The number of nitrogens with zero attached hydrogens (tertiary/aromatic N) is 2. The smallest absolute Gasteiger partial charge is 0.258 e. The van der Waals surface area contributed by atoms with Gasteiger partial charge in [0.05, 0.1) is 19.9 Å². The number of aromatic hydroxyl groups is 1. The molecule has 0 aliphatic heterocycles. The summed E-state index contributed by atoms with van der Waals surface area (Å²) in [5, 5.41) is 19.3. The van der Waals surface area contributed by atoms with Gasteiger partial charge in [-0.05, 0) is 24.6 Å². The Bertz CT molecular complexity index is 787. The third-order valence-corrected chi connectivity index (χ3v) is 3.13. The summed E-state index contributed by atoms with van der Waals surface area (Å²) >= 11 is 0. The second-order valence-corrected chi connectivity index (χ2v) is 4.35. The first-order valence-corrected chi connectivity index (χ1v) is 6.11. The van der Waals surface area contributed by atoms with Gasteiger partial charge in [-0.2, -0.15) is 5.26 Å². The highest BCUT2D eigenvalue weighted by atomic mass is 16.5. The van der Waals surface area contributed by atoms with Crippen molar-refractivity contribution in [1.82, 2.24) is 4.57 Å². The molecule has 0 saturated carbocycles. The van der Waals surface area contributed by atoms with E-state index in [0.29, 0.717) is 22.7 Å². The predicted octanol–water partition coefficient (Wildman–Crippen LogP) is 1.74. The van der Waals surface area contributed by atoms with Crippen LogP contribution < -0.4 is 15.0 Å². The summed E-state index contributed by atoms with van der Waals surface area (Å²) in [5.41, 5.74) is 0.295. The molecule has 0 unspecified atom stereocenters. The van der Waals surface area contributed by atoms with E-state index < -0.39 is 11.4 Å². The molecule has 0 aliphatic rings. The molecular formula is C15H14N2O4. The standard InChI is InChI=1S/C15H14N2O4/c1-9-6-14(18)17(15(19)11(9)8-16)12-7-10(20-2)4-5-13(12)21-3/h4-7,19H,1-3H3. The average molecular weight is 286 g/mol. The van der Waals surface area contributed by atoms with Crippen LogP contribution >= 0.6 is 0 Å². The Morgan fingerprint density at radius 1 is 1.24 bits per heavy atom. The van der Waals surface area contributed by atoms with Crippen molar-refractivity contribution in [2.45, 2.75) is 6.92 Å². The number of nitriles is 1. The minimum atomic E-state index is -0.462. The van der Waals surface area contributed by atoms with E-state index in [2.05, 4.69) is 0 Å². The van der Waals surface area contributed by atoms with E-state index in [1.54, 1.807) is 25.1 Å². The predicted molar refractivity (Wildman–Crippen MR) is 76.3 cm³/mol. The van der Waals surface area contributed by atoms with Crippen molar-refractivity contribution >= 4 is 0 Å². The fourth-order valence-electron chi connectivity index (χ4n) is 2.06. The van der Waals surface area contributed by atoms with E-state index in [4.69, 9.17) is 14.7 Å². The third-order valence-electron chi connectivity index (χ3n) is 3.13. The molecule has 108 valence electrons. The molecule has 0 amide bonds. The Hall–Kier alpha value is -2.94. The monoisotopic (exact) mass is 286 g/mol. The van der Waals surface area contributed by atoms with Crippen molar-refractivity contribution in [2.24, 2.45) is 0 Å². The number of aromatic nitrogens is 1. The van der Waals surface area contributed by atoms with E-state index in [0.717, 1.165) is 4.57 Å².